The number of aliphatic hydroxyl groups excluding tert-OH is 3. The molecule has 2 rings (SSSR count). The Morgan fingerprint density at radius 1 is 1.33 bits per heavy atom. The van der Waals surface area contributed by atoms with Crippen molar-refractivity contribution >= 4 is 24.9 Å². The lowest BCUT2D eigenvalue weighted by Crippen LogP contribution is -2.58. The molecule has 12 heteroatoms. The van der Waals surface area contributed by atoms with Crippen molar-refractivity contribution in [2.24, 2.45) is 0 Å². The van der Waals surface area contributed by atoms with Crippen LogP contribution in [0.25, 0.3) is 0 Å². The van der Waals surface area contributed by atoms with Crippen LogP contribution in [0.4, 0.5) is 0 Å². The Balaban J connectivity index is 1.88. The molecule has 33 heavy (non-hydrogen) atoms. The van der Waals surface area contributed by atoms with Crippen molar-refractivity contribution in [1.82, 2.24) is 10.6 Å². The molecule has 0 aromatic rings. The van der Waals surface area contributed by atoms with Gasteiger partial charge in [-0.3, -0.25) is 4.57 Å². The molecule has 0 amide bonds. The third-order valence-electron chi connectivity index (χ3n) is 5.40. The number of hydrogen-bond donors (Lipinski definition) is 7. The van der Waals surface area contributed by atoms with Gasteiger partial charge in [0.15, 0.2) is 5.11 Å². The monoisotopic (exact) mass is 504 g/mol. The number of rotatable bonds is 10. The molecule has 0 aromatic carbocycles. The Morgan fingerprint density at radius 3 is 2.67 bits per heavy atom. The largest absolute Gasteiger partial charge is 0.462 e. The summed E-state index contributed by atoms with van der Waals surface area (Å²) in [6.07, 6.45) is 5.79. The fraction of sp³-hybridized carbons (Fsp3) is 0.667. The average Bonchev–Trinajstić information content (AvgIpc) is 2.74. The van der Waals surface area contributed by atoms with E-state index < -0.39 is 50.0 Å². The van der Waals surface area contributed by atoms with Crippen LogP contribution < -0.4 is 10.6 Å². The predicted molar refractivity (Wildman–Crippen MR) is 126 cm³/mol. The molecule has 0 aromatic heterocycles. The van der Waals surface area contributed by atoms with E-state index in [1.54, 1.807) is 12.2 Å². The Kier molecular flexibility index (Phi) is 10.3. The van der Waals surface area contributed by atoms with Crippen molar-refractivity contribution < 1.29 is 39.1 Å². The Bertz CT molecular complexity index is 826. The zero-order valence-corrected chi connectivity index (χ0v) is 20.2. The van der Waals surface area contributed by atoms with Gasteiger partial charge in [-0.1, -0.05) is 6.08 Å². The number of hydrogen-bond acceptors (Lipinski definition) is 7. The summed E-state index contributed by atoms with van der Waals surface area (Å²) in [6, 6.07) is 0. The van der Waals surface area contributed by atoms with Crippen molar-refractivity contribution in [2.75, 3.05) is 12.7 Å². The van der Waals surface area contributed by atoms with Gasteiger partial charge in [-0.2, -0.15) is 0 Å². The molecule has 7 N–H and O–H groups in total. The summed E-state index contributed by atoms with van der Waals surface area (Å²) in [5, 5.41) is 37.3. The zero-order valence-electron chi connectivity index (χ0n) is 18.5. The number of ether oxygens (including phenoxy) is 2. The first-order valence-corrected chi connectivity index (χ1v) is 12.9. The van der Waals surface area contributed by atoms with E-state index in [4.69, 9.17) is 37.9 Å². The van der Waals surface area contributed by atoms with Crippen molar-refractivity contribution in [3.8, 4) is 12.3 Å². The molecule has 1 aliphatic carbocycles. The van der Waals surface area contributed by atoms with Crippen molar-refractivity contribution in [2.45, 2.75) is 75.3 Å². The van der Waals surface area contributed by atoms with E-state index in [1.807, 2.05) is 13.0 Å². The number of aliphatic hydroxyl groups is 3. The second kappa shape index (κ2) is 12.3. The smallest absolute Gasteiger partial charge is 0.325 e. The van der Waals surface area contributed by atoms with Gasteiger partial charge in [0, 0.05) is 13.0 Å². The van der Waals surface area contributed by atoms with Crippen LogP contribution in [0.15, 0.2) is 24.0 Å². The summed E-state index contributed by atoms with van der Waals surface area (Å²) in [7, 11) is -4.32. The minimum atomic E-state index is -4.32. The molecular weight excluding hydrogens is 471 g/mol. The highest BCUT2D eigenvalue weighted by molar-refractivity contribution is 7.80. The number of unbranched alkanes of at least 4 members (excludes halogenated alkanes) is 2. The van der Waals surface area contributed by atoms with E-state index in [0.717, 1.165) is 19.3 Å². The molecule has 1 heterocycles. The van der Waals surface area contributed by atoms with Gasteiger partial charge < -0.3 is 45.2 Å². The minimum Gasteiger partial charge on any atom is -0.462 e. The second-order valence-electron chi connectivity index (χ2n) is 8.41. The standard InChI is InChI=1S/C21H33N2O8PS/c1-3-4-5-6-12-22-20(33)23-21(2)10-7-14(8-11-21)30-19-18(26)17(25)16(24)15(31-19)9-13-32(27,28)29/h1,7-8,10,15-19,24-26H,4-6,9,11-13H2,2H3,(H2,22,23,33)(H2,27,28,29)/t15-,16-,17+,18+,19+,21?/m1/s1. The van der Waals surface area contributed by atoms with Gasteiger partial charge in [-0.15, -0.1) is 12.3 Å². The molecule has 0 bridgehead atoms. The SMILES string of the molecule is C#CCCCCNC(=S)NC1(C)C=CC(O[C@H]2O[C@H](CCP(=O)(O)O)[C@@H](O)[C@H](O)[C@@H]2O)=CC1. The lowest BCUT2D eigenvalue weighted by molar-refractivity contribution is -0.285. The molecular formula is C21H33N2O8PS. The van der Waals surface area contributed by atoms with E-state index >= 15 is 0 Å². The van der Waals surface area contributed by atoms with Gasteiger partial charge in [0.1, 0.15) is 24.1 Å². The fourth-order valence-electron chi connectivity index (χ4n) is 3.43. The van der Waals surface area contributed by atoms with Gasteiger partial charge in [0.25, 0.3) is 0 Å². The van der Waals surface area contributed by atoms with Crippen LogP contribution in [0.2, 0.25) is 0 Å². The molecule has 1 aliphatic heterocycles. The number of thiocarbonyl (C=S) groups is 1. The van der Waals surface area contributed by atoms with Crippen molar-refractivity contribution in [1.29, 1.82) is 0 Å². The first-order valence-electron chi connectivity index (χ1n) is 10.7. The molecule has 0 saturated carbocycles. The summed E-state index contributed by atoms with van der Waals surface area (Å²) < 4.78 is 22.3. The maximum absolute atomic E-state index is 11.1. The van der Waals surface area contributed by atoms with E-state index in [9.17, 15) is 19.9 Å². The van der Waals surface area contributed by atoms with Crippen LogP contribution in [0.1, 0.15) is 39.0 Å². The fourth-order valence-corrected chi connectivity index (χ4v) is 4.36. The summed E-state index contributed by atoms with van der Waals surface area (Å²) in [4.78, 5) is 18.1. The highest BCUT2D eigenvalue weighted by atomic mass is 32.1. The molecule has 1 fully saturated rings. The van der Waals surface area contributed by atoms with Crippen LogP contribution in [-0.2, 0) is 14.0 Å². The zero-order chi connectivity index (χ0) is 24.6. The van der Waals surface area contributed by atoms with Gasteiger partial charge in [0.05, 0.1) is 17.8 Å². The third-order valence-corrected chi connectivity index (χ3v) is 6.49. The topological polar surface area (TPSA) is 161 Å². The maximum atomic E-state index is 11.1. The number of nitrogens with one attached hydrogen (secondary N) is 2. The third kappa shape index (κ3) is 9.00. The average molecular weight is 505 g/mol. The summed E-state index contributed by atoms with van der Waals surface area (Å²) in [5.41, 5.74) is -0.469. The van der Waals surface area contributed by atoms with Crippen LogP contribution in [0.5, 0.6) is 0 Å². The molecule has 1 unspecified atom stereocenters. The highest BCUT2D eigenvalue weighted by Crippen LogP contribution is 2.37. The second-order valence-corrected chi connectivity index (χ2v) is 10.6. The van der Waals surface area contributed by atoms with Gasteiger partial charge in [0.2, 0.25) is 6.29 Å². The molecule has 6 atom stereocenters. The molecule has 2 aliphatic rings. The van der Waals surface area contributed by atoms with E-state index in [1.165, 1.54) is 0 Å². The van der Waals surface area contributed by atoms with Crippen LogP contribution in [-0.4, -0.2) is 79.2 Å². The highest BCUT2D eigenvalue weighted by Gasteiger charge is 2.45. The van der Waals surface area contributed by atoms with Crippen molar-refractivity contribution in [3.63, 3.8) is 0 Å². The molecule has 0 spiro atoms. The first-order chi connectivity index (χ1) is 15.4. The van der Waals surface area contributed by atoms with Crippen LogP contribution in [0, 0.1) is 12.3 Å². The van der Waals surface area contributed by atoms with Gasteiger partial charge in [-0.25, -0.2) is 0 Å². The van der Waals surface area contributed by atoms with E-state index in [2.05, 4.69) is 16.6 Å². The lowest BCUT2D eigenvalue weighted by atomic mass is 9.93. The minimum absolute atomic E-state index is 0.209. The summed E-state index contributed by atoms with van der Waals surface area (Å²) in [6.45, 7) is 2.67. The Hall–Kier alpha value is -1.48. The van der Waals surface area contributed by atoms with Gasteiger partial charge >= 0.3 is 7.60 Å². The predicted octanol–water partition coefficient (Wildman–Crippen LogP) is 0.248. The normalized spacial score (nSPS) is 31.9. The summed E-state index contributed by atoms with van der Waals surface area (Å²) in [5.74, 6) is 2.98. The quantitative estimate of drug-likeness (QED) is 0.0945. The Morgan fingerprint density at radius 2 is 2.06 bits per heavy atom. The summed E-state index contributed by atoms with van der Waals surface area (Å²) >= 11 is 5.34. The van der Waals surface area contributed by atoms with E-state index in [-0.39, 0.29) is 6.42 Å². The van der Waals surface area contributed by atoms with E-state index in [0.29, 0.717) is 23.8 Å². The first kappa shape index (κ1) is 27.8. The van der Waals surface area contributed by atoms with Crippen LogP contribution >= 0.6 is 19.8 Å². The van der Waals surface area contributed by atoms with Crippen molar-refractivity contribution in [3.05, 3.63) is 24.0 Å². The number of allylic oxidation sites excluding steroid dienone is 1. The van der Waals surface area contributed by atoms with Crippen LogP contribution in [0.3, 0.4) is 0 Å². The Labute approximate surface area is 199 Å². The lowest BCUT2D eigenvalue weighted by Gasteiger charge is -2.41. The number of terminal acetylenes is 1. The molecule has 0 radical (unpaired) electrons. The van der Waals surface area contributed by atoms with Gasteiger partial charge in [-0.05, 0) is 57.0 Å². The maximum Gasteiger partial charge on any atom is 0.325 e. The molecule has 186 valence electrons. The molecule has 1 saturated heterocycles. The molecule has 10 nitrogen and oxygen atoms in total.